The number of hydrogen-bond donors (Lipinski definition) is 1. The molecule has 0 spiro atoms. The molecule has 8 nitrogen and oxygen atoms in total. The van der Waals surface area contributed by atoms with Gasteiger partial charge in [0.15, 0.2) is 6.61 Å². The highest BCUT2D eigenvalue weighted by atomic mass is 16.5. The van der Waals surface area contributed by atoms with E-state index in [0.717, 1.165) is 11.3 Å². The number of esters is 1. The van der Waals surface area contributed by atoms with Crippen LogP contribution in [0, 0.1) is 12.8 Å². The second-order valence-electron chi connectivity index (χ2n) is 8.43. The third kappa shape index (κ3) is 6.41. The van der Waals surface area contributed by atoms with Crippen LogP contribution in [0.2, 0.25) is 0 Å². The van der Waals surface area contributed by atoms with Crippen molar-refractivity contribution in [1.82, 2.24) is 0 Å². The Morgan fingerprint density at radius 3 is 2.17 bits per heavy atom. The highest BCUT2D eigenvalue weighted by Gasteiger charge is 2.36. The highest BCUT2D eigenvalue weighted by Crippen LogP contribution is 2.29. The molecule has 3 aromatic carbocycles. The Bertz CT molecular complexity index is 1210. The molecule has 186 valence electrons. The molecule has 36 heavy (non-hydrogen) atoms. The first-order valence-electron chi connectivity index (χ1n) is 11.8. The van der Waals surface area contributed by atoms with Gasteiger partial charge in [0.05, 0.1) is 12.5 Å². The number of aryl methyl sites for hydroxylation is 1. The predicted octanol–water partition coefficient (Wildman–Crippen LogP) is 4.72. The van der Waals surface area contributed by atoms with Gasteiger partial charge in [-0.1, -0.05) is 17.7 Å². The molecule has 0 radical (unpaired) electrons. The van der Waals surface area contributed by atoms with Crippen LogP contribution in [0.3, 0.4) is 0 Å². The van der Waals surface area contributed by atoms with Crippen molar-refractivity contribution in [3.63, 3.8) is 0 Å². The normalized spacial score (nSPS) is 14.9. The van der Waals surface area contributed by atoms with Crippen LogP contribution in [0.25, 0.3) is 0 Å². The third-order valence-corrected chi connectivity index (χ3v) is 5.66. The van der Waals surface area contributed by atoms with Crippen LogP contribution in [0.4, 0.5) is 11.4 Å². The van der Waals surface area contributed by atoms with Crippen LogP contribution in [0.5, 0.6) is 17.2 Å². The predicted molar refractivity (Wildman–Crippen MR) is 135 cm³/mol. The van der Waals surface area contributed by atoms with E-state index >= 15 is 0 Å². The maximum atomic E-state index is 12.5. The summed E-state index contributed by atoms with van der Waals surface area (Å²) < 4.78 is 16.4. The summed E-state index contributed by atoms with van der Waals surface area (Å²) in [5.41, 5.74) is 2.38. The number of nitrogens with one attached hydrogen (secondary N) is 1. The number of anilines is 2. The zero-order chi connectivity index (χ0) is 25.5. The summed E-state index contributed by atoms with van der Waals surface area (Å²) in [5.74, 6) is 0.210. The Balaban J connectivity index is 1.26. The van der Waals surface area contributed by atoms with Gasteiger partial charge in [0.25, 0.3) is 5.91 Å². The summed E-state index contributed by atoms with van der Waals surface area (Å²) in [6.45, 7) is 4.21. The Labute approximate surface area is 209 Å². The minimum Gasteiger partial charge on any atom is -0.494 e. The first-order chi connectivity index (χ1) is 17.4. The number of ether oxygens (including phenoxy) is 3. The molecule has 1 saturated heterocycles. The Morgan fingerprint density at radius 1 is 0.917 bits per heavy atom. The van der Waals surface area contributed by atoms with E-state index in [2.05, 4.69) is 5.32 Å². The minimum atomic E-state index is -0.640. The minimum absolute atomic E-state index is 0.0287. The van der Waals surface area contributed by atoms with E-state index in [-0.39, 0.29) is 18.9 Å². The first-order valence-corrected chi connectivity index (χ1v) is 11.8. The lowest BCUT2D eigenvalue weighted by molar-refractivity contribution is -0.151. The zero-order valence-corrected chi connectivity index (χ0v) is 20.2. The summed E-state index contributed by atoms with van der Waals surface area (Å²) in [6, 6.07) is 21.7. The molecule has 2 amide bonds. The van der Waals surface area contributed by atoms with Gasteiger partial charge in [0, 0.05) is 24.3 Å². The molecular weight excluding hydrogens is 460 g/mol. The number of carbonyl (C=O) groups excluding carboxylic acids is 3. The molecule has 1 fully saturated rings. The summed E-state index contributed by atoms with van der Waals surface area (Å²) in [6.07, 6.45) is 0.0287. The van der Waals surface area contributed by atoms with Gasteiger partial charge in [-0.15, -0.1) is 0 Å². The molecule has 0 bridgehead atoms. The molecule has 0 saturated carbocycles. The van der Waals surface area contributed by atoms with Crippen LogP contribution in [-0.2, 0) is 19.1 Å². The summed E-state index contributed by atoms with van der Waals surface area (Å²) >= 11 is 0. The average Bonchev–Trinajstić information content (AvgIpc) is 3.27. The van der Waals surface area contributed by atoms with Gasteiger partial charge in [0.1, 0.15) is 17.2 Å². The van der Waals surface area contributed by atoms with Crippen molar-refractivity contribution in [2.24, 2.45) is 5.92 Å². The van der Waals surface area contributed by atoms with E-state index in [1.165, 1.54) is 0 Å². The molecule has 0 aliphatic carbocycles. The van der Waals surface area contributed by atoms with E-state index in [1.54, 1.807) is 53.4 Å². The maximum absolute atomic E-state index is 12.5. The van der Waals surface area contributed by atoms with Gasteiger partial charge in [-0.2, -0.15) is 0 Å². The van der Waals surface area contributed by atoms with E-state index in [0.29, 0.717) is 29.5 Å². The number of carbonyl (C=O) groups is 3. The Morgan fingerprint density at radius 2 is 1.53 bits per heavy atom. The molecule has 4 rings (SSSR count). The fourth-order valence-electron chi connectivity index (χ4n) is 3.80. The summed E-state index contributed by atoms with van der Waals surface area (Å²) in [7, 11) is 0. The second-order valence-corrected chi connectivity index (χ2v) is 8.43. The number of benzene rings is 3. The lowest BCUT2D eigenvalue weighted by Gasteiger charge is -2.17. The molecule has 3 aromatic rings. The van der Waals surface area contributed by atoms with Crippen molar-refractivity contribution in [2.45, 2.75) is 20.3 Å². The highest BCUT2D eigenvalue weighted by molar-refractivity contribution is 6.00. The van der Waals surface area contributed by atoms with Gasteiger partial charge >= 0.3 is 5.97 Å². The molecule has 1 aliphatic heterocycles. The van der Waals surface area contributed by atoms with Crippen molar-refractivity contribution in [1.29, 1.82) is 0 Å². The fraction of sp³-hybridized carbons (Fsp3) is 0.250. The van der Waals surface area contributed by atoms with E-state index in [4.69, 9.17) is 14.2 Å². The van der Waals surface area contributed by atoms with Gasteiger partial charge < -0.3 is 24.4 Å². The molecule has 1 aliphatic rings. The van der Waals surface area contributed by atoms with Crippen LogP contribution in [0.1, 0.15) is 18.9 Å². The van der Waals surface area contributed by atoms with E-state index in [9.17, 15) is 14.4 Å². The molecule has 1 N–H and O–H groups in total. The quantitative estimate of drug-likeness (QED) is 0.438. The van der Waals surface area contributed by atoms with Gasteiger partial charge in [0.2, 0.25) is 5.91 Å². The topological polar surface area (TPSA) is 94.2 Å². The van der Waals surface area contributed by atoms with Crippen molar-refractivity contribution >= 4 is 29.2 Å². The van der Waals surface area contributed by atoms with Gasteiger partial charge in [-0.25, -0.2) is 0 Å². The van der Waals surface area contributed by atoms with Crippen LogP contribution >= 0.6 is 0 Å². The van der Waals surface area contributed by atoms with Crippen LogP contribution in [0.15, 0.2) is 72.8 Å². The molecule has 0 unspecified atom stereocenters. The monoisotopic (exact) mass is 488 g/mol. The second kappa shape index (κ2) is 11.4. The summed E-state index contributed by atoms with van der Waals surface area (Å²) in [5, 5.41) is 2.66. The lowest BCUT2D eigenvalue weighted by Crippen LogP contribution is -2.28. The lowest BCUT2D eigenvalue weighted by atomic mass is 10.1. The number of hydrogen-bond acceptors (Lipinski definition) is 6. The van der Waals surface area contributed by atoms with Gasteiger partial charge in [-0.3, -0.25) is 14.4 Å². The largest absolute Gasteiger partial charge is 0.494 e. The van der Waals surface area contributed by atoms with Crippen LogP contribution < -0.4 is 19.7 Å². The van der Waals surface area contributed by atoms with E-state index in [1.807, 2.05) is 38.1 Å². The van der Waals surface area contributed by atoms with Crippen molar-refractivity contribution < 1.29 is 28.6 Å². The molecule has 0 aromatic heterocycles. The summed E-state index contributed by atoms with van der Waals surface area (Å²) in [4.78, 5) is 38.8. The smallest absolute Gasteiger partial charge is 0.311 e. The third-order valence-electron chi connectivity index (χ3n) is 5.66. The standard InChI is InChI=1S/C28H28N2O6/c1-3-34-23-12-6-21(7-13-23)29-26(31)18-35-28(33)20-16-27(32)30(17-20)22-8-14-25(15-9-22)36-24-10-4-19(2)5-11-24/h4-15,20H,3,16-18H2,1-2H3,(H,29,31)/t20-/m0/s1. The number of amides is 2. The molecule has 1 atom stereocenters. The Kier molecular flexibility index (Phi) is 7.85. The number of rotatable bonds is 9. The Hall–Kier alpha value is -4.33. The molecule has 8 heteroatoms. The van der Waals surface area contributed by atoms with E-state index < -0.39 is 24.4 Å². The van der Waals surface area contributed by atoms with Crippen molar-refractivity contribution in [3.05, 3.63) is 78.4 Å². The average molecular weight is 489 g/mol. The zero-order valence-electron chi connectivity index (χ0n) is 20.2. The van der Waals surface area contributed by atoms with Crippen molar-refractivity contribution in [3.8, 4) is 17.2 Å². The number of nitrogens with zero attached hydrogens (tertiary/aromatic N) is 1. The van der Waals surface area contributed by atoms with Gasteiger partial charge in [-0.05, 0) is 74.5 Å². The van der Waals surface area contributed by atoms with Crippen LogP contribution in [-0.4, -0.2) is 37.5 Å². The first kappa shape index (κ1) is 24.8. The molecular formula is C28H28N2O6. The maximum Gasteiger partial charge on any atom is 0.311 e. The molecule has 1 heterocycles. The SMILES string of the molecule is CCOc1ccc(NC(=O)COC(=O)[C@H]2CC(=O)N(c3ccc(Oc4ccc(C)cc4)cc3)C2)cc1. The van der Waals surface area contributed by atoms with Crippen molar-refractivity contribution in [2.75, 3.05) is 30.0 Å². The fourth-order valence-corrected chi connectivity index (χ4v) is 3.80.